The summed E-state index contributed by atoms with van der Waals surface area (Å²) >= 11 is 0. The molecule has 0 radical (unpaired) electrons. The highest BCUT2D eigenvalue weighted by Crippen LogP contribution is 2.18. The summed E-state index contributed by atoms with van der Waals surface area (Å²) in [6.07, 6.45) is 3.24. The van der Waals surface area contributed by atoms with Crippen LogP contribution in [-0.2, 0) is 0 Å². The van der Waals surface area contributed by atoms with E-state index in [9.17, 15) is 4.79 Å². The molecule has 0 saturated heterocycles. The summed E-state index contributed by atoms with van der Waals surface area (Å²) in [5, 5.41) is 7.13. The number of carbonyl (C=O) groups excluding carboxylic acids is 1. The van der Waals surface area contributed by atoms with Crippen molar-refractivity contribution in [3.63, 3.8) is 0 Å². The average molecular weight is 322 g/mol. The van der Waals surface area contributed by atoms with E-state index in [1.165, 1.54) is 0 Å². The Labute approximate surface area is 140 Å². The van der Waals surface area contributed by atoms with Crippen LogP contribution in [0.5, 0.6) is 5.75 Å². The van der Waals surface area contributed by atoms with Crippen LogP contribution in [0.4, 0.5) is 5.69 Å². The minimum absolute atomic E-state index is 0.209. The van der Waals surface area contributed by atoms with Gasteiger partial charge in [-0.3, -0.25) is 4.79 Å². The zero-order valence-electron chi connectivity index (χ0n) is 13.6. The first-order chi connectivity index (χ1) is 11.7. The molecule has 6 nitrogen and oxygen atoms in total. The summed E-state index contributed by atoms with van der Waals surface area (Å²) < 4.78 is 7.03. The lowest BCUT2D eigenvalue weighted by atomic mass is 10.2. The van der Waals surface area contributed by atoms with Crippen molar-refractivity contribution >= 4 is 11.6 Å². The molecule has 3 aromatic rings. The third-order valence-electron chi connectivity index (χ3n) is 3.54. The number of anilines is 1. The van der Waals surface area contributed by atoms with E-state index < -0.39 is 0 Å². The highest BCUT2D eigenvalue weighted by Gasteiger charge is 2.15. The number of pyridine rings is 1. The van der Waals surface area contributed by atoms with Crippen LogP contribution < -0.4 is 10.1 Å². The van der Waals surface area contributed by atoms with E-state index in [1.807, 2.05) is 44.2 Å². The standard InChI is InChI=1S/C18H18N4O2/c1-3-24-15-9-7-14(8-10-15)21-18(23)16-12-20-22(13(16)2)17-6-4-5-11-19-17/h4-12H,3H2,1-2H3,(H,21,23). The minimum atomic E-state index is -0.209. The van der Waals surface area contributed by atoms with Crippen LogP contribution >= 0.6 is 0 Å². The van der Waals surface area contributed by atoms with Gasteiger partial charge in [-0.25, -0.2) is 9.67 Å². The fourth-order valence-corrected chi connectivity index (χ4v) is 2.34. The monoisotopic (exact) mass is 322 g/mol. The number of benzene rings is 1. The van der Waals surface area contributed by atoms with Crippen molar-refractivity contribution in [1.82, 2.24) is 14.8 Å². The van der Waals surface area contributed by atoms with Gasteiger partial charge in [0.1, 0.15) is 5.75 Å². The van der Waals surface area contributed by atoms with E-state index in [0.29, 0.717) is 23.7 Å². The van der Waals surface area contributed by atoms with E-state index >= 15 is 0 Å². The zero-order chi connectivity index (χ0) is 16.9. The topological polar surface area (TPSA) is 69.0 Å². The van der Waals surface area contributed by atoms with Crippen molar-refractivity contribution in [2.75, 3.05) is 11.9 Å². The lowest BCUT2D eigenvalue weighted by Crippen LogP contribution is -2.13. The zero-order valence-corrected chi connectivity index (χ0v) is 13.6. The molecule has 0 fully saturated rings. The van der Waals surface area contributed by atoms with Gasteiger partial charge in [0.2, 0.25) is 0 Å². The van der Waals surface area contributed by atoms with Crippen LogP contribution in [0, 0.1) is 6.92 Å². The molecular weight excluding hydrogens is 304 g/mol. The molecular formula is C18H18N4O2. The summed E-state index contributed by atoms with van der Waals surface area (Å²) in [4.78, 5) is 16.7. The molecule has 6 heteroatoms. The second-order valence-electron chi connectivity index (χ2n) is 5.15. The van der Waals surface area contributed by atoms with Gasteiger partial charge >= 0.3 is 0 Å². The number of hydrogen-bond donors (Lipinski definition) is 1. The molecule has 0 aliphatic heterocycles. The van der Waals surface area contributed by atoms with Crippen molar-refractivity contribution in [2.45, 2.75) is 13.8 Å². The van der Waals surface area contributed by atoms with Gasteiger partial charge in [-0.15, -0.1) is 0 Å². The Bertz CT molecular complexity index is 826. The van der Waals surface area contributed by atoms with Crippen LogP contribution in [0.2, 0.25) is 0 Å². The summed E-state index contributed by atoms with van der Waals surface area (Å²) in [5.41, 5.74) is 1.94. The molecule has 0 unspecified atom stereocenters. The van der Waals surface area contributed by atoms with Gasteiger partial charge in [0, 0.05) is 11.9 Å². The van der Waals surface area contributed by atoms with Crippen LogP contribution in [0.1, 0.15) is 23.0 Å². The maximum atomic E-state index is 12.5. The fraction of sp³-hybridized carbons (Fsp3) is 0.167. The maximum Gasteiger partial charge on any atom is 0.259 e. The first-order valence-electron chi connectivity index (χ1n) is 7.69. The molecule has 2 aromatic heterocycles. The minimum Gasteiger partial charge on any atom is -0.494 e. The van der Waals surface area contributed by atoms with E-state index in [4.69, 9.17) is 4.74 Å². The Morgan fingerprint density at radius 3 is 2.67 bits per heavy atom. The number of aromatic nitrogens is 3. The van der Waals surface area contributed by atoms with Crippen molar-refractivity contribution in [1.29, 1.82) is 0 Å². The maximum absolute atomic E-state index is 12.5. The Balaban J connectivity index is 1.77. The third kappa shape index (κ3) is 3.27. The average Bonchev–Trinajstić information content (AvgIpc) is 2.99. The number of ether oxygens (including phenoxy) is 1. The van der Waals surface area contributed by atoms with Gasteiger partial charge in [0.15, 0.2) is 5.82 Å². The normalized spacial score (nSPS) is 10.4. The molecule has 0 bridgehead atoms. The van der Waals surface area contributed by atoms with Crippen LogP contribution in [0.15, 0.2) is 54.9 Å². The molecule has 0 saturated carbocycles. The van der Waals surface area contributed by atoms with Gasteiger partial charge in [0.25, 0.3) is 5.91 Å². The molecule has 0 atom stereocenters. The lowest BCUT2D eigenvalue weighted by Gasteiger charge is -2.07. The second kappa shape index (κ2) is 6.95. The molecule has 0 aliphatic rings. The molecule has 0 aliphatic carbocycles. The largest absolute Gasteiger partial charge is 0.494 e. The SMILES string of the molecule is CCOc1ccc(NC(=O)c2cnn(-c3ccccn3)c2C)cc1. The molecule has 122 valence electrons. The molecule has 3 rings (SSSR count). The first kappa shape index (κ1) is 15.7. The number of carbonyl (C=O) groups is 1. The summed E-state index contributed by atoms with van der Waals surface area (Å²) in [6, 6.07) is 12.8. The lowest BCUT2D eigenvalue weighted by molar-refractivity contribution is 0.102. The highest BCUT2D eigenvalue weighted by molar-refractivity contribution is 6.05. The van der Waals surface area contributed by atoms with Gasteiger partial charge in [0.05, 0.1) is 24.1 Å². The van der Waals surface area contributed by atoms with Crippen molar-refractivity contribution in [3.8, 4) is 11.6 Å². The molecule has 1 amide bonds. The van der Waals surface area contributed by atoms with E-state index in [2.05, 4.69) is 15.4 Å². The Kier molecular flexibility index (Phi) is 4.56. The van der Waals surface area contributed by atoms with Crippen LogP contribution in [0.3, 0.4) is 0 Å². The number of amides is 1. The van der Waals surface area contributed by atoms with Gasteiger partial charge < -0.3 is 10.1 Å². The second-order valence-corrected chi connectivity index (χ2v) is 5.15. The van der Waals surface area contributed by atoms with E-state index in [0.717, 1.165) is 11.4 Å². The summed E-state index contributed by atoms with van der Waals surface area (Å²) in [5.74, 6) is 1.24. The van der Waals surface area contributed by atoms with E-state index in [1.54, 1.807) is 29.2 Å². The molecule has 1 aromatic carbocycles. The first-order valence-corrected chi connectivity index (χ1v) is 7.69. The van der Waals surface area contributed by atoms with Crippen molar-refractivity contribution in [2.24, 2.45) is 0 Å². The number of hydrogen-bond acceptors (Lipinski definition) is 4. The number of nitrogens with one attached hydrogen (secondary N) is 1. The van der Waals surface area contributed by atoms with E-state index in [-0.39, 0.29) is 5.91 Å². The van der Waals surface area contributed by atoms with Crippen molar-refractivity contribution < 1.29 is 9.53 Å². The fourth-order valence-electron chi connectivity index (χ4n) is 2.34. The molecule has 24 heavy (non-hydrogen) atoms. The predicted octanol–water partition coefficient (Wildman–Crippen LogP) is 3.23. The van der Waals surface area contributed by atoms with Gasteiger partial charge in [-0.1, -0.05) is 6.07 Å². The molecule has 2 heterocycles. The number of nitrogens with zero attached hydrogens (tertiary/aromatic N) is 3. The quantitative estimate of drug-likeness (QED) is 0.783. The Morgan fingerprint density at radius 1 is 1.21 bits per heavy atom. The smallest absolute Gasteiger partial charge is 0.259 e. The van der Waals surface area contributed by atoms with Gasteiger partial charge in [-0.2, -0.15) is 5.10 Å². The third-order valence-corrected chi connectivity index (χ3v) is 3.54. The summed E-state index contributed by atoms with van der Waals surface area (Å²) in [7, 11) is 0. The molecule has 1 N–H and O–H groups in total. The van der Waals surface area contributed by atoms with Crippen molar-refractivity contribution in [3.05, 3.63) is 66.1 Å². The highest BCUT2D eigenvalue weighted by atomic mass is 16.5. The van der Waals surface area contributed by atoms with Crippen LogP contribution in [0.25, 0.3) is 5.82 Å². The van der Waals surface area contributed by atoms with Crippen LogP contribution in [-0.4, -0.2) is 27.3 Å². The predicted molar refractivity (Wildman–Crippen MR) is 91.7 cm³/mol. The molecule has 0 spiro atoms. The summed E-state index contributed by atoms with van der Waals surface area (Å²) in [6.45, 7) is 4.38. The Hall–Kier alpha value is -3.15. The number of rotatable bonds is 5. The Morgan fingerprint density at radius 2 is 2.00 bits per heavy atom. The van der Waals surface area contributed by atoms with Gasteiger partial charge in [-0.05, 0) is 50.2 Å².